The molecular weight excluding hydrogens is 176 g/mol. The minimum Gasteiger partial charge on any atom is -0.481 e. The average Bonchev–Trinajstić information content (AvgIpc) is 2.26. The van der Waals surface area contributed by atoms with Crippen LogP contribution in [0.2, 0.25) is 0 Å². The van der Waals surface area contributed by atoms with Crippen LogP contribution < -0.4 is 11.5 Å². The Hall–Kier alpha value is -1.14. The number of carboxylic acid groups (broad SMARTS) is 2. The lowest BCUT2D eigenvalue weighted by atomic mass is 9.98. The van der Waals surface area contributed by atoms with Gasteiger partial charge in [-0.15, -0.1) is 0 Å². The van der Waals surface area contributed by atoms with Gasteiger partial charge in [0.1, 0.15) is 0 Å². The molecule has 0 aliphatic heterocycles. The van der Waals surface area contributed by atoms with Crippen molar-refractivity contribution < 1.29 is 19.8 Å². The van der Waals surface area contributed by atoms with Crippen LogP contribution in [0.15, 0.2) is 0 Å². The van der Waals surface area contributed by atoms with E-state index in [-0.39, 0.29) is 6.42 Å². The van der Waals surface area contributed by atoms with E-state index in [0.29, 0.717) is 0 Å². The molecule has 4 unspecified atom stereocenters. The van der Waals surface area contributed by atoms with Crippen molar-refractivity contribution >= 4 is 11.9 Å². The summed E-state index contributed by atoms with van der Waals surface area (Å²) < 4.78 is 0. The van der Waals surface area contributed by atoms with Crippen LogP contribution in [0.1, 0.15) is 6.42 Å². The van der Waals surface area contributed by atoms with E-state index in [9.17, 15) is 9.59 Å². The van der Waals surface area contributed by atoms with E-state index in [1.54, 1.807) is 0 Å². The van der Waals surface area contributed by atoms with Crippen molar-refractivity contribution in [2.24, 2.45) is 23.3 Å². The number of aliphatic carboxylic acids is 2. The number of hydrogen-bond acceptors (Lipinski definition) is 4. The zero-order chi connectivity index (χ0) is 10.2. The van der Waals surface area contributed by atoms with E-state index in [0.717, 1.165) is 0 Å². The lowest BCUT2D eigenvalue weighted by molar-refractivity contribution is -0.143. The second kappa shape index (κ2) is 3.31. The monoisotopic (exact) mass is 188 g/mol. The molecule has 0 aromatic carbocycles. The summed E-state index contributed by atoms with van der Waals surface area (Å²) >= 11 is 0. The van der Waals surface area contributed by atoms with Crippen LogP contribution in [-0.2, 0) is 9.59 Å². The summed E-state index contributed by atoms with van der Waals surface area (Å²) in [5.74, 6) is -3.98. The zero-order valence-electron chi connectivity index (χ0n) is 6.88. The van der Waals surface area contributed by atoms with Gasteiger partial charge in [0, 0.05) is 12.1 Å². The lowest BCUT2D eigenvalue weighted by Gasteiger charge is -2.15. The highest BCUT2D eigenvalue weighted by molar-refractivity contribution is 5.78. The molecular formula is C7H12N2O4. The van der Waals surface area contributed by atoms with Crippen molar-refractivity contribution in [1.82, 2.24) is 0 Å². The summed E-state index contributed by atoms with van der Waals surface area (Å²) in [6, 6.07) is -1.54. The summed E-state index contributed by atoms with van der Waals surface area (Å²) in [7, 11) is 0. The molecule has 0 spiro atoms. The predicted molar refractivity (Wildman–Crippen MR) is 42.8 cm³/mol. The van der Waals surface area contributed by atoms with Gasteiger partial charge in [-0.3, -0.25) is 9.59 Å². The summed E-state index contributed by atoms with van der Waals surface area (Å²) in [5.41, 5.74) is 10.9. The van der Waals surface area contributed by atoms with Crippen molar-refractivity contribution in [2.75, 3.05) is 0 Å². The molecule has 0 bridgehead atoms. The maximum Gasteiger partial charge on any atom is 0.309 e. The minimum absolute atomic E-state index is 0.132. The first-order valence-corrected chi connectivity index (χ1v) is 3.92. The highest BCUT2D eigenvalue weighted by Gasteiger charge is 2.46. The van der Waals surface area contributed by atoms with Gasteiger partial charge in [0.15, 0.2) is 0 Å². The van der Waals surface area contributed by atoms with E-state index in [2.05, 4.69) is 0 Å². The normalized spacial score (nSPS) is 38.9. The lowest BCUT2D eigenvalue weighted by Crippen LogP contribution is -2.42. The van der Waals surface area contributed by atoms with E-state index < -0.39 is 35.9 Å². The van der Waals surface area contributed by atoms with Crippen LogP contribution >= 0.6 is 0 Å². The van der Waals surface area contributed by atoms with E-state index >= 15 is 0 Å². The van der Waals surface area contributed by atoms with Crippen LogP contribution in [-0.4, -0.2) is 34.2 Å². The molecule has 1 aliphatic carbocycles. The first-order valence-electron chi connectivity index (χ1n) is 3.92. The first kappa shape index (κ1) is 9.94. The summed E-state index contributed by atoms with van der Waals surface area (Å²) in [6.45, 7) is 0. The van der Waals surface area contributed by atoms with Crippen molar-refractivity contribution in [3.63, 3.8) is 0 Å². The number of carboxylic acids is 2. The van der Waals surface area contributed by atoms with E-state index in [4.69, 9.17) is 21.7 Å². The number of hydrogen-bond donors (Lipinski definition) is 4. The molecule has 0 radical (unpaired) electrons. The van der Waals surface area contributed by atoms with E-state index in [1.807, 2.05) is 0 Å². The first-order chi connectivity index (χ1) is 5.95. The average molecular weight is 188 g/mol. The second-order valence-electron chi connectivity index (χ2n) is 3.29. The maximum atomic E-state index is 10.6. The number of rotatable bonds is 2. The van der Waals surface area contributed by atoms with Gasteiger partial charge in [0.25, 0.3) is 0 Å². The molecule has 6 heteroatoms. The fraction of sp³-hybridized carbons (Fsp3) is 0.714. The van der Waals surface area contributed by atoms with Gasteiger partial charge >= 0.3 is 11.9 Å². The van der Waals surface area contributed by atoms with Crippen molar-refractivity contribution in [1.29, 1.82) is 0 Å². The van der Waals surface area contributed by atoms with Crippen LogP contribution in [0.25, 0.3) is 0 Å². The molecule has 74 valence electrons. The van der Waals surface area contributed by atoms with Crippen molar-refractivity contribution in [3.8, 4) is 0 Å². The standard InChI is InChI=1S/C7H12N2O4/c8-3-1-2(6(10)11)5(9)4(3)7(12)13/h2-5H,1,8-9H2,(H,10,11)(H,12,13). The molecule has 4 atom stereocenters. The van der Waals surface area contributed by atoms with Gasteiger partial charge in [0.05, 0.1) is 11.8 Å². The second-order valence-corrected chi connectivity index (χ2v) is 3.29. The highest BCUT2D eigenvalue weighted by atomic mass is 16.4. The van der Waals surface area contributed by atoms with Crippen molar-refractivity contribution in [2.45, 2.75) is 18.5 Å². The fourth-order valence-electron chi connectivity index (χ4n) is 1.75. The summed E-state index contributed by atoms with van der Waals surface area (Å²) in [5, 5.41) is 17.4. The quantitative estimate of drug-likeness (QED) is 0.415. The molecule has 0 heterocycles. The smallest absolute Gasteiger partial charge is 0.309 e. The van der Waals surface area contributed by atoms with Crippen molar-refractivity contribution in [3.05, 3.63) is 0 Å². The van der Waals surface area contributed by atoms with Gasteiger partial charge in [-0.05, 0) is 6.42 Å². The van der Waals surface area contributed by atoms with Gasteiger partial charge in [-0.25, -0.2) is 0 Å². The highest BCUT2D eigenvalue weighted by Crippen LogP contribution is 2.29. The SMILES string of the molecule is NC1CC(C(=O)O)C(N)C1C(=O)O. The Kier molecular flexibility index (Phi) is 2.53. The van der Waals surface area contributed by atoms with Crippen LogP contribution in [0.3, 0.4) is 0 Å². The Morgan fingerprint density at radius 1 is 1.15 bits per heavy atom. The molecule has 0 aromatic rings. The maximum absolute atomic E-state index is 10.6. The molecule has 6 nitrogen and oxygen atoms in total. The van der Waals surface area contributed by atoms with E-state index in [1.165, 1.54) is 0 Å². The third-order valence-corrected chi connectivity index (χ3v) is 2.47. The molecule has 0 amide bonds. The Balaban J connectivity index is 2.81. The molecule has 0 saturated heterocycles. The zero-order valence-corrected chi connectivity index (χ0v) is 6.88. The molecule has 13 heavy (non-hydrogen) atoms. The molecule has 1 rings (SSSR count). The van der Waals surface area contributed by atoms with Crippen LogP contribution in [0.4, 0.5) is 0 Å². The molecule has 1 saturated carbocycles. The Bertz CT molecular complexity index is 243. The van der Waals surface area contributed by atoms with Gasteiger partial charge in [0.2, 0.25) is 0 Å². The van der Waals surface area contributed by atoms with Crippen LogP contribution in [0.5, 0.6) is 0 Å². The third kappa shape index (κ3) is 1.63. The van der Waals surface area contributed by atoms with Gasteiger partial charge in [-0.1, -0.05) is 0 Å². The summed E-state index contributed by atoms with van der Waals surface area (Å²) in [4.78, 5) is 21.2. The Morgan fingerprint density at radius 2 is 1.69 bits per heavy atom. The largest absolute Gasteiger partial charge is 0.481 e. The molecule has 1 fully saturated rings. The van der Waals surface area contributed by atoms with Gasteiger partial charge < -0.3 is 21.7 Å². The topological polar surface area (TPSA) is 127 Å². The minimum atomic E-state index is -1.12. The Labute approximate surface area is 74.5 Å². The molecule has 1 aliphatic rings. The molecule has 6 N–H and O–H groups in total. The van der Waals surface area contributed by atoms with Crippen LogP contribution in [0, 0.1) is 11.8 Å². The number of nitrogens with two attached hydrogens (primary N) is 2. The summed E-state index contributed by atoms with van der Waals surface area (Å²) in [6.07, 6.45) is 0.132. The fourth-order valence-corrected chi connectivity index (χ4v) is 1.75. The predicted octanol–water partition coefficient (Wildman–Crippen LogP) is -1.55. The van der Waals surface area contributed by atoms with Gasteiger partial charge in [-0.2, -0.15) is 0 Å². The third-order valence-electron chi connectivity index (χ3n) is 2.47. The Morgan fingerprint density at radius 3 is 1.92 bits per heavy atom. The molecule has 0 aromatic heterocycles. The number of carbonyl (C=O) groups is 2.